The van der Waals surface area contributed by atoms with Crippen molar-refractivity contribution in [1.29, 1.82) is 0 Å². The van der Waals surface area contributed by atoms with Gasteiger partial charge < -0.3 is 19.7 Å². The lowest BCUT2D eigenvalue weighted by atomic mass is 9.88. The van der Waals surface area contributed by atoms with Gasteiger partial charge in [0.1, 0.15) is 6.10 Å². The molecule has 4 atom stereocenters. The molecule has 1 aliphatic heterocycles. The molecule has 17 heavy (non-hydrogen) atoms. The Morgan fingerprint density at radius 2 is 1.88 bits per heavy atom. The van der Waals surface area contributed by atoms with Crippen LogP contribution >= 0.6 is 12.6 Å². The summed E-state index contributed by atoms with van der Waals surface area (Å²) in [6, 6.07) is 0. The first-order chi connectivity index (χ1) is 7.68. The predicted octanol–water partition coefficient (Wildman–Crippen LogP) is 1.90. The largest absolute Gasteiger partial charge is 0.366 e. The van der Waals surface area contributed by atoms with Crippen molar-refractivity contribution < 1.29 is 19.7 Å². The fourth-order valence-electron chi connectivity index (χ4n) is 2.08. The van der Waals surface area contributed by atoms with Crippen LogP contribution in [-0.2, 0) is 9.47 Å². The number of hydrogen-bond donors (Lipinski definition) is 3. The molecule has 0 aromatic rings. The summed E-state index contributed by atoms with van der Waals surface area (Å²) in [4.78, 5) is -1.06. The van der Waals surface area contributed by atoms with Crippen LogP contribution in [0.25, 0.3) is 0 Å². The Morgan fingerprint density at radius 1 is 1.29 bits per heavy atom. The van der Waals surface area contributed by atoms with Crippen molar-refractivity contribution in [3.63, 3.8) is 0 Å². The van der Waals surface area contributed by atoms with E-state index in [9.17, 15) is 10.2 Å². The molecule has 1 aliphatic rings. The van der Waals surface area contributed by atoms with Crippen LogP contribution in [-0.4, -0.2) is 33.8 Å². The van der Waals surface area contributed by atoms with Crippen molar-refractivity contribution in [2.24, 2.45) is 5.41 Å². The van der Waals surface area contributed by atoms with Gasteiger partial charge >= 0.3 is 0 Å². The molecule has 0 amide bonds. The highest BCUT2D eigenvalue weighted by Crippen LogP contribution is 2.40. The molecule has 0 radical (unpaired) electrons. The van der Waals surface area contributed by atoms with Crippen LogP contribution < -0.4 is 0 Å². The second-order valence-corrected chi connectivity index (χ2v) is 6.66. The van der Waals surface area contributed by atoms with Crippen molar-refractivity contribution in [3.05, 3.63) is 0 Å². The quantitative estimate of drug-likeness (QED) is 0.681. The normalized spacial score (nSPS) is 39.4. The van der Waals surface area contributed by atoms with Gasteiger partial charge in [-0.15, -0.1) is 12.6 Å². The number of ether oxygens (including phenoxy) is 2. The number of rotatable bonds is 3. The maximum atomic E-state index is 9.86. The number of aliphatic hydroxyl groups excluding tert-OH is 2. The molecular formula is C12H24O4S. The van der Waals surface area contributed by atoms with Gasteiger partial charge in [-0.05, 0) is 18.3 Å². The summed E-state index contributed by atoms with van der Waals surface area (Å²) in [5, 5.41) is 19.5. The Balaban J connectivity index is 2.76. The van der Waals surface area contributed by atoms with Crippen molar-refractivity contribution >= 4 is 12.6 Å². The minimum Gasteiger partial charge on any atom is -0.366 e. The van der Waals surface area contributed by atoms with Crippen LogP contribution in [0.2, 0.25) is 0 Å². The van der Waals surface area contributed by atoms with Gasteiger partial charge in [-0.25, -0.2) is 0 Å². The molecule has 0 aromatic heterocycles. The Hall–Kier alpha value is 0.190. The molecule has 0 saturated carbocycles. The summed E-state index contributed by atoms with van der Waals surface area (Å²) in [5.74, 6) is 0. The highest BCUT2D eigenvalue weighted by Gasteiger charge is 2.48. The van der Waals surface area contributed by atoms with E-state index in [1.54, 1.807) is 0 Å². The van der Waals surface area contributed by atoms with Crippen molar-refractivity contribution in [1.82, 2.24) is 0 Å². The molecule has 0 bridgehead atoms. The smallest absolute Gasteiger partial charge is 0.196 e. The predicted molar refractivity (Wildman–Crippen MR) is 68.7 cm³/mol. The van der Waals surface area contributed by atoms with Crippen LogP contribution in [0.3, 0.4) is 0 Å². The number of aliphatic hydroxyl groups is 2. The van der Waals surface area contributed by atoms with Gasteiger partial charge in [0.25, 0.3) is 0 Å². The van der Waals surface area contributed by atoms with Gasteiger partial charge in [0, 0.05) is 0 Å². The number of hydrogen-bond acceptors (Lipinski definition) is 5. The first-order valence-electron chi connectivity index (χ1n) is 6.10. The van der Waals surface area contributed by atoms with E-state index in [1.165, 1.54) is 0 Å². The minimum absolute atomic E-state index is 0.0504. The third kappa shape index (κ3) is 4.10. The Labute approximate surface area is 109 Å². The van der Waals surface area contributed by atoms with Crippen molar-refractivity contribution in [3.8, 4) is 0 Å². The molecule has 0 spiro atoms. The Morgan fingerprint density at radius 3 is 2.35 bits per heavy atom. The molecule has 0 aromatic carbocycles. The van der Waals surface area contributed by atoms with Gasteiger partial charge in [-0.1, -0.05) is 34.1 Å². The van der Waals surface area contributed by atoms with Gasteiger partial charge in [-0.2, -0.15) is 0 Å². The fraction of sp³-hybridized carbons (Fsp3) is 1.00. The van der Waals surface area contributed by atoms with E-state index < -0.39 is 23.6 Å². The van der Waals surface area contributed by atoms with Gasteiger partial charge in [0.05, 0.1) is 0 Å². The molecular weight excluding hydrogens is 240 g/mol. The topological polar surface area (TPSA) is 58.9 Å². The maximum Gasteiger partial charge on any atom is 0.196 e. The molecule has 2 N–H and O–H groups in total. The maximum absolute atomic E-state index is 9.86. The van der Waals surface area contributed by atoms with Crippen LogP contribution in [0.5, 0.6) is 0 Å². The third-order valence-corrected chi connectivity index (χ3v) is 3.17. The monoisotopic (exact) mass is 264 g/mol. The van der Waals surface area contributed by atoms with E-state index in [1.807, 2.05) is 27.7 Å². The summed E-state index contributed by atoms with van der Waals surface area (Å²) in [5.41, 5.74) is -0.0504. The third-order valence-electron chi connectivity index (χ3n) is 2.68. The molecule has 4 nitrogen and oxygen atoms in total. The first-order valence-corrected chi connectivity index (χ1v) is 6.54. The Kier molecular flexibility index (Phi) is 4.88. The van der Waals surface area contributed by atoms with Crippen molar-refractivity contribution in [2.45, 2.75) is 70.6 Å². The summed E-state index contributed by atoms with van der Waals surface area (Å²) < 4.78 is 10.9. The molecule has 102 valence electrons. The zero-order valence-electron chi connectivity index (χ0n) is 11.0. The van der Waals surface area contributed by atoms with Crippen molar-refractivity contribution in [2.75, 3.05) is 0 Å². The van der Waals surface area contributed by atoms with E-state index in [2.05, 4.69) is 12.6 Å². The standard InChI is InChI=1S/C12H24O4S/c1-5-6-8-9(13)15-10(14)12(17,16-8)7-11(2,3)4/h8-10,13-14,17H,5-7H2,1-4H3. The second-order valence-electron chi connectivity index (χ2n) is 5.91. The molecule has 1 saturated heterocycles. The van der Waals surface area contributed by atoms with E-state index in [4.69, 9.17) is 9.47 Å². The minimum atomic E-state index is -1.21. The van der Waals surface area contributed by atoms with Crippen LogP contribution in [0.4, 0.5) is 0 Å². The molecule has 1 fully saturated rings. The highest BCUT2D eigenvalue weighted by molar-refractivity contribution is 7.81. The summed E-state index contributed by atoms with van der Waals surface area (Å²) >= 11 is 4.42. The molecule has 1 rings (SSSR count). The SMILES string of the molecule is CCCC1OC(S)(CC(C)(C)C)C(O)OC1O. The average Bonchev–Trinajstić information content (AvgIpc) is 2.12. The lowest BCUT2D eigenvalue weighted by Crippen LogP contribution is -2.56. The summed E-state index contributed by atoms with van der Waals surface area (Å²) in [7, 11) is 0. The lowest BCUT2D eigenvalue weighted by molar-refractivity contribution is -0.349. The zero-order chi connectivity index (χ0) is 13.3. The highest BCUT2D eigenvalue weighted by atomic mass is 32.1. The van der Waals surface area contributed by atoms with Gasteiger partial charge in [0.2, 0.25) is 0 Å². The summed E-state index contributed by atoms with van der Waals surface area (Å²) in [6.07, 6.45) is -0.625. The second kappa shape index (κ2) is 5.45. The number of thiol groups is 1. The molecule has 4 unspecified atom stereocenters. The van der Waals surface area contributed by atoms with Crippen LogP contribution in [0.1, 0.15) is 47.0 Å². The fourth-order valence-corrected chi connectivity index (χ4v) is 2.75. The molecule has 0 aliphatic carbocycles. The van der Waals surface area contributed by atoms with E-state index in [-0.39, 0.29) is 5.41 Å². The molecule has 5 heteroatoms. The molecule has 1 heterocycles. The van der Waals surface area contributed by atoms with Gasteiger partial charge in [0.15, 0.2) is 17.5 Å². The first kappa shape index (κ1) is 15.2. The van der Waals surface area contributed by atoms with Crippen LogP contribution in [0.15, 0.2) is 0 Å². The van der Waals surface area contributed by atoms with E-state index >= 15 is 0 Å². The van der Waals surface area contributed by atoms with Crippen LogP contribution in [0, 0.1) is 5.41 Å². The van der Waals surface area contributed by atoms with E-state index in [0.717, 1.165) is 6.42 Å². The summed E-state index contributed by atoms with van der Waals surface area (Å²) in [6.45, 7) is 8.13. The van der Waals surface area contributed by atoms with Gasteiger partial charge in [-0.3, -0.25) is 0 Å². The lowest BCUT2D eigenvalue weighted by Gasteiger charge is -2.45. The Bertz CT molecular complexity index is 253. The average molecular weight is 264 g/mol. The van der Waals surface area contributed by atoms with E-state index in [0.29, 0.717) is 12.8 Å². The zero-order valence-corrected chi connectivity index (χ0v) is 11.9.